The highest BCUT2D eigenvalue weighted by Gasteiger charge is 2.47. The summed E-state index contributed by atoms with van der Waals surface area (Å²) in [5.74, 6) is -1.27. The minimum Gasteiger partial charge on any atom is -0.355 e. The number of carbonyl (C=O) groups is 1. The number of halogens is 4. The second-order valence-corrected chi connectivity index (χ2v) is 6.72. The maximum absolute atomic E-state index is 13.6. The Bertz CT molecular complexity index is 1030. The number of nitrogens with one attached hydrogen (secondary N) is 3. The maximum atomic E-state index is 13.6. The summed E-state index contributed by atoms with van der Waals surface area (Å²) >= 11 is 0. The van der Waals surface area contributed by atoms with Gasteiger partial charge in [-0.15, -0.1) is 0 Å². The van der Waals surface area contributed by atoms with E-state index in [0.29, 0.717) is 17.0 Å². The van der Waals surface area contributed by atoms with Gasteiger partial charge in [0.2, 0.25) is 11.7 Å². The van der Waals surface area contributed by atoms with Gasteiger partial charge in [-0.25, -0.2) is 9.37 Å². The van der Waals surface area contributed by atoms with Crippen LogP contribution in [0, 0.1) is 5.82 Å². The van der Waals surface area contributed by atoms with Crippen LogP contribution in [0.25, 0.3) is 5.70 Å². The van der Waals surface area contributed by atoms with Crippen molar-refractivity contribution in [3.05, 3.63) is 95.9 Å². The van der Waals surface area contributed by atoms with Gasteiger partial charge in [-0.05, 0) is 42.0 Å². The number of H-pyrrole nitrogens is 1. The molecule has 4 rings (SSSR count). The van der Waals surface area contributed by atoms with Gasteiger partial charge in [0.05, 0.1) is 11.4 Å². The second-order valence-electron chi connectivity index (χ2n) is 6.72. The largest absolute Gasteiger partial charge is 0.418 e. The highest BCUT2D eigenvalue weighted by atomic mass is 19.4. The molecule has 2 atom stereocenters. The fourth-order valence-electron chi connectivity index (χ4n) is 3.36. The van der Waals surface area contributed by atoms with Gasteiger partial charge in [0.1, 0.15) is 5.82 Å². The van der Waals surface area contributed by atoms with Gasteiger partial charge in [-0.3, -0.25) is 4.79 Å². The number of aromatic nitrogens is 1. The molecule has 0 saturated heterocycles. The van der Waals surface area contributed by atoms with Crippen LogP contribution in [0.1, 0.15) is 17.3 Å². The quantitative estimate of drug-likeness (QED) is 0.752. The summed E-state index contributed by atoms with van der Waals surface area (Å²) in [5.41, 5.74) is 1.54. The Hall–Kier alpha value is -3.62. The number of rotatable bonds is 4. The van der Waals surface area contributed by atoms with Gasteiger partial charge in [-0.1, -0.05) is 12.1 Å². The molecule has 1 aromatic carbocycles. The van der Waals surface area contributed by atoms with E-state index in [0.717, 1.165) is 0 Å². The number of nitrogens with zero attached hydrogens (tertiary/aromatic N) is 1. The fraction of sp³-hybridized carbons (Fsp3) is 0.143. The molecule has 1 amide bonds. The Labute approximate surface area is 169 Å². The monoisotopic (exact) mass is 417 g/mol. The molecule has 1 aromatic heterocycles. The van der Waals surface area contributed by atoms with E-state index >= 15 is 0 Å². The van der Waals surface area contributed by atoms with Gasteiger partial charge < -0.3 is 15.5 Å². The molecular weight excluding hydrogens is 400 g/mol. The zero-order chi connectivity index (χ0) is 21.3. The Morgan fingerprint density at radius 1 is 1.13 bits per heavy atom. The molecular formula is C21H17F4N4O+. The molecule has 30 heavy (non-hydrogen) atoms. The number of benzene rings is 1. The normalized spacial score (nSPS) is 18.8. The van der Waals surface area contributed by atoms with Gasteiger partial charge in [-0.2, -0.15) is 13.2 Å². The molecule has 9 heteroatoms. The molecule has 5 nitrogen and oxygen atoms in total. The van der Waals surface area contributed by atoms with Crippen molar-refractivity contribution in [3.8, 4) is 0 Å². The Balaban J connectivity index is 1.61. The standard InChI is InChI=1S/C21H16F4N4O/c22-14-9-7-13(8-10-14)17-16-6-2-4-12-29(16)19(27-17)20(30)28-18(21(23,24)25)15-5-1-3-11-26-15/h1-12,18-19,27H,(H,28,30)/p+1. The first-order valence-electron chi connectivity index (χ1n) is 9.08. The lowest BCUT2D eigenvalue weighted by atomic mass is 10.1. The predicted molar refractivity (Wildman–Crippen MR) is 100 cm³/mol. The topological polar surface area (TPSA) is 58.5 Å². The van der Waals surface area contributed by atoms with Crippen LogP contribution in [0.15, 0.2) is 78.8 Å². The van der Waals surface area contributed by atoms with Crippen LogP contribution in [0.2, 0.25) is 0 Å². The van der Waals surface area contributed by atoms with Crippen molar-refractivity contribution >= 4 is 11.6 Å². The molecule has 3 heterocycles. The summed E-state index contributed by atoms with van der Waals surface area (Å²) in [6.45, 7) is 0. The van der Waals surface area contributed by atoms with Gasteiger partial charge in [0.15, 0.2) is 12.4 Å². The maximum Gasteiger partial charge on any atom is 0.418 e. The molecule has 154 valence electrons. The summed E-state index contributed by atoms with van der Waals surface area (Å²) in [7, 11) is 0. The molecule has 2 aliphatic heterocycles. The molecule has 0 spiro atoms. The molecule has 0 radical (unpaired) electrons. The number of amides is 1. The number of fused-ring (bicyclic) bond motifs is 1. The average Bonchev–Trinajstić information content (AvgIpc) is 3.12. The molecule has 2 unspecified atom stereocenters. The van der Waals surface area contributed by atoms with Gasteiger partial charge >= 0.3 is 6.18 Å². The number of hydrogen-bond acceptors (Lipinski definition) is 3. The van der Waals surface area contributed by atoms with E-state index in [1.807, 2.05) is 0 Å². The van der Waals surface area contributed by atoms with Crippen LogP contribution in [-0.2, 0) is 4.79 Å². The first-order valence-corrected chi connectivity index (χ1v) is 9.08. The van der Waals surface area contributed by atoms with E-state index < -0.39 is 30.1 Å². The SMILES string of the molecule is O=C(NC(c1cccc[nH+]1)C(F)(F)F)C1NC(c2ccc(F)cc2)=C2C=CC=CN21. The van der Waals surface area contributed by atoms with E-state index in [9.17, 15) is 22.4 Å². The van der Waals surface area contributed by atoms with Crippen LogP contribution < -0.4 is 15.6 Å². The summed E-state index contributed by atoms with van der Waals surface area (Å²) in [5, 5.41) is 5.05. The third kappa shape index (κ3) is 3.78. The first-order chi connectivity index (χ1) is 14.3. The smallest absolute Gasteiger partial charge is 0.355 e. The highest BCUT2D eigenvalue weighted by Crippen LogP contribution is 2.33. The average molecular weight is 417 g/mol. The lowest BCUT2D eigenvalue weighted by Gasteiger charge is -2.27. The van der Waals surface area contributed by atoms with E-state index in [-0.39, 0.29) is 5.69 Å². The van der Waals surface area contributed by atoms with Crippen molar-refractivity contribution in [1.82, 2.24) is 15.5 Å². The van der Waals surface area contributed by atoms with Crippen LogP contribution >= 0.6 is 0 Å². The molecule has 2 aliphatic rings. The molecule has 0 bridgehead atoms. The number of hydrogen-bond donors (Lipinski definition) is 2. The summed E-state index contributed by atoms with van der Waals surface area (Å²) in [6, 6.07) is 7.68. The number of alkyl halides is 3. The van der Waals surface area contributed by atoms with Crippen LogP contribution in [0.4, 0.5) is 17.6 Å². The molecule has 0 fully saturated rings. The number of allylic oxidation sites excluding steroid dienone is 3. The molecule has 2 aromatic rings. The van der Waals surface area contributed by atoms with Crippen molar-refractivity contribution in [3.63, 3.8) is 0 Å². The second kappa shape index (κ2) is 7.66. The Kier molecular flexibility index (Phi) is 5.03. The molecule has 0 aliphatic carbocycles. The minimum atomic E-state index is -4.69. The lowest BCUT2D eigenvalue weighted by molar-refractivity contribution is -0.401. The van der Waals surface area contributed by atoms with Crippen molar-refractivity contribution in [1.29, 1.82) is 0 Å². The summed E-state index contributed by atoms with van der Waals surface area (Å²) < 4.78 is 54.2. The molecule has 3 N–H and O–H groups in total. The highest BCUT2D eigenvalue weighted by molar-refractivity contribution is 5.87. The summed E-state index contributed by atoms with van der Waals surface area (Å²) in [6.07, 6.45) is 2.30. The zero-order valence-electron chi connectivity index (χ0n) is 15.5. The van der Waals surface area contributed by atoms with Gasteiger partial charge in [0.25, 0.3) is 5.91 Å². The summed E-state index contributed by atoms with van der Waals surface area (Å²) in [4.78, 5) is 17.0. The van der Waals surface area contributed by atoms with Crippen LogP contribution in [-0.4, -0.2) is 23.1 Å². The van der Waals surface area contributed by atoms with Crippen molar-refractivity contribution in [2.75, 3.05) is 0 Å². The van der Waals surface area contributed by atoms with Gasteiger partial charge in [0, 0.05) is 18.3 Å². The number of pyridine rings is 1. The van der Waals surface area contributed by atoms with E-state index in [2.05, 4.69) is 15.6 Å². The van der Waals surface area contributed by atoms with E-state index in [4.69, 9.17) is 0 Å². The van der Waals surface area contributed by atoms with Crippen molar-refractivity contribution < 1.29 is 27.3 Å². The first kappa shape index (κ1) is 19.7. The molecule has 0 saturated carbocycles. The van der Waals surface area contributed by atoms with Crippen molar-refractivity contribution in [2.45, 2.75) is 18.4 Å². The number of carbonyl (C=O) groups excluding carboxylic acids is 1. The lowest BCUT2D eigenvalue weighted by Crippen LogP contribution is -2.52. The third-order valence-corrected chi connectivity index (χ3v) is 4.74. The third-order valence-electron chi connectivity index (χ3n) is 4.74. The van der Waals surface area contributed by atoms with E-state index in [1.54, 1.807) is 30.5 Å². The number of aromatic amines is 1. The van der Waals surface area contributed by atoms with Crippen LogP contribution in [0.3, 0.4) is 0 Å². The van der Waals surface area contributed by atoms with Crippen LogP contribution in [0.5, 0.6) is 0 Å². The fourth-order valence-corrected chi connectivity index (χ4v) is 3.36. The predicted octanol–water partition coefficient (Wildman–Crippen LogP) is 3.04. The zero-order valence-corrected chi connectivity index (χ0v) is 15.5. The Morgan fingerprint density at radius 3 is 2.57 bits per heavy atom. The van der Waals surface area contributed by atoms with E-state index in [1.165, 1.54) is 47.5 Å². The Morgan fingerprint density at radius 2 is 1.90 bits per heavy atom. The minimum absolute atomic E-state index is 0.183. The van der Waals surface area contributed by atoms with Crippen molar-refractivity contribution in [2.24, 2.45) is 0 Å².